The Kier molecular flexibility index (Phi) is 4.29. The van der Waals surface area contributed by atoms with Gasteiger partial charge in [-0.1, -0.05) is 0 Å². The lowest BCUT2D eigenvalue weighted by atomic mass is 10.2. The first kappa shape index (κ1) is 17.1. The Labute approximate surface area is 126 Å². The van der Waals surface area contributed by atoms with Crippen molar-refractivity contribution < 1.29 is 38.9 Å². The Balaban J connectivity index is 2.47. The second-order valence-corrected chi connectivity index (χ2v) is 5.77. The summed E-state index contributed by atoms with van der Waals surface area (Å²) in [6.45, 7) is 0. The van der Waals surface area contributed by atoms with E-state index in [4.69, 9.17) is 0 Å². The van der Waals surface area contributed by atoms with Gasteiger partial charge in [-0.2, -0.15) is 21.6 Å². The molecule has 0 amide bonds. The predicted molar refractivity (Wildman–Crippen MR) is 65.6 cm³/mol. The van der Waals surface area contributed by atoms with Crippen molar-refractivity contribution in [1.82, 2.24) is 0 Å². The number of benzene rings is 2. The standard InChI is InChI=1S/C13H6F6O3S/c14-8-2-4-11(10(16)6-8)22-23(20,21)12-5-7(13(17,18)19)1-3-9(12)15/h1-6H. The highest BCUT2D eigenvalue weighted by Gasteiger charge is 2.33. The highest BCUT2D eigenvalue weighted by molar-refractivity contribution is 7.87. The van der Waals surface area contributed by atoms with Crippen LogP contribution in [0.1, 0.15) is 5.56 Å². The van der Waals surface area contributed by atoms with Crippen molar-refractivity contribution in [2.75, 3.05) is 0 Å². The molecular formula is C13H6F6O3S. The van der Waals surface area contributed by atoms with Gasteiger partial charge in [0.05, 0.1) is 5.56 Å². The molecule has 0 spiro atoms. The Bertz CT molecular complexity index is 845. The second kappa shape index (κ2) is 5.76. The monoisotopic (exact) mass is 356 g/mol. The van der Waals surface area contributed by atoms with Gasteiger partial charge in [-0.15, -0.1) is 0 Å². The predicted octanol–water partition coefficient (Wildman–Crippen LogP) is 3.89. The van der Waals surface area contributed by atoms with Gasteiger partial charge in [-0.05, 0) is 30.3 Å². The van der Waals surface area contributed by atoms with Crippen LogP contribution in [0.2, 0.25) is 0 Å². The van der Waals surface area contributed by atoms with Gasteiger partial charge < -0.3 is 4.18 Å². The van der Waals surface area contributed by atoms with Crippen LogP contribution in [0.5, 0.6) is 5.75 Å². The summed E-state index contributed by atoms with van der Waals surface area (Å²) in [7, 11) is -5.10. The minimum Gasteiger partial charge on any atom is -0.376 e. The van der Waals surface area contributed by atoms with Crippen LogP contribution in [0.15, 0.2) is 41.3 Å². The van der Waals surface area contributed by atoms with E-state index in [2.05, 4.69) is 4.18 Å². The Hall–Kier alpha value is -2.23. The lowest BCUT2D eigenvalue weighted by Gasteiger charge is -2.11. The van der Waals surface area contributed by atoms with Crippen LogP contribution in [-0.2, 0) is 16.3 Å². The van der Waals surface area contributed by atoms with Crippen LogP contribution in [0.25, 0.3) is 0 Å². The number of hydrogen-bond acceptors (Lipinski definition) is 3. The van der Waals surface area contributed by atoms with Gasteiger partial charge in [0.15, 0.2) is 11.6 Å². The van der Waals surface area contributed by atoms with E-state index in [0.717, 1.165) is 0 Å². The summed E-state index contributed by atoms with van der Waals surface area (Å²) >= 11 is 0. The lowest BCUT2D eigenvalue weighted by Crippen LogP contribution is -2.15. The quantitative estimate of drug-likeness (QED) is 0.619. The van der Waals surface area contributed by atoms with Crippen molar-refractivity contribution >= 4 is 10.1 Å². The summed E-state index contributed by atoms with van der Waals surface area (Å²) in [5.41, 5.74) is -1.43. The van der Waals surface area contributed by atoms with Crippen LogP contribution in [0, 0.1) is 17.5 Å². The zero-order chi connectivity index (χ0) is 17.4. The third kappa shape index (κ3) is 3.76. The molecule has 0 unspecified atom stereocenters. The zero-order valence-corrected chi connectivity index (χ0v) is 11.7. The number of hydrogen-bond donors (Lipinski definition) is 0. The highest BCUT2D eigenvalue weighted by Crippen LogP contribution is 2.32. The second-order valence-electron chi connectivity index (χ2n) is 4.26. The van der Waals surface area contributed by atoms with Crippen LogP contribution >= 0.6 is 0 Å². The van der Waals surface area contributed by atoms with Gasteiger partial charge in [0.2, 0.25) is 0 Å². The molecule has 10 heteroatoms. The fraction of sp³-hybridized carbons (Fsp3) is 0.0769. The van der Waals surface area contributed by atoms with Crippen molar-refractivity contribution in [2.24, 2.45) is 0 Å². The van der Waals surface area contributed by atoms with Crippen LogP contribution < -0.4 is 4.18 Å². The molecule has 23 heavy (non-hydrogen) atoms. The Morgan fingerprint density at radius 3 is 2.09 bits per heavy atom. The Morgan fingerprint density at radius 1 is 0.870 bits per heavy atom. The van der Waals surface area contributed by atoms with Crippen LogP contribution in [-0.4, -0.2) is 8.42 Å². The average Bonchev–Trinajstić information content (AvgIpc) is 2.41. The summed E-state index contributed by atoms with van der Waals surface area (Å²) in [6, 6.07) is 2.22. The molecule has 3 nitrogen and oxygen atoms in total. The number of halogens is 6. The topological polar surface area (TPSA) is 43.4 Å². The van der Waals surface area contributed by atoms with E-state index in [1.54, 1.807) is 0 Å². The molecule has 0 atom stereocenters. The maximum absolute atomic E-state index is 13.5. The molecular weight excluding hydrogens is 350 g/mol. The maximum Gasteiger partial charge on any atom is 0.416 e. The molecule has 0 aromatic heterocycles. The number of rotatable bonds is 3. The lowest BCUT2D eigenvalue weighted by molar-refractivity contribution is -0.137. The van der Waals surface area contributed by atoms with Gasteiger partial charge in [0.25, 0.3) is 0 Å². The summed E-state index contributed by atoms with van der Waals surface area (Å²) in [6.07, 6.45) is -4.92. The zero-order valence-electron chi connectivity index (χ0n) is 10.9. The summed E-state index contributed by atoms with van der Waals surface area (Å²) in [4.78, 5) is -1.42. The van der Waals surface area contributed by atoms with Crippen LogP contribution in [0.3, 0.4) is 0 Å². The molecule has 0 aliphatic heterocycles. The SMILES string of the molecule is O=S(=O)(Oc1ccc(F)cc1F)c1cc(C(F)(F)F)ccc1F. The summed E-state index contributed by atoms with van der Waals surface area (Å²) in [5, 5.41) is 0. The molecule has 0 bridgehead atoms. The summed E-state index contributed by atoms with van der Waals surface area (Å²) < 4.78 is 105. The molecule has 0 saturated heterocycles. The molecule has 0 saturated carbocycles. The van der Waals surface area contributed by atoms with E-state index < -0.39 is 50.0 Å². The van der Waals surface area contributed by atoms with Gasteiger partial charge in [0, 0.05) is 6.07 Å². The van der Waals surface area contributed by atoms with E-state index in [0.29, 0.717) is 30.3 Å². The Morgan fingerprint density at radius 2 is 1.52 bits per heavy atom. The molecule has 124 valence electrons. The third-order valence-corrected chi connectivity index (χ3v) is 3.87. The highest BCUT2D eigenvalue weighted by atomic mass is 32.2. The first-order valence-corrected chi connectivity index (χ1v) is 7.18. The molecule has 0 radical (unpaired) electrons. The third-order valence-electron chi connectivity index (χ3n) is 2.62. The van der Waals surface area contributed by atoms with E-state index in [1.165, 1.54) is 0 Å². The molecule has 0 fully saturated rings. The van der Waals surface area contributed by atoms with Crippen molar-refractivity contribution in [1.29, 1.82) is 0 Å². The van der Waals surface area contributed by atoms with Gasteiger partial charge in [-0.3, -0.25) is 0 Å². The fourth-order valence-electron chi connectivity index (χ4n) is 1.58. The molecule has 0 heterocycles. The largest absolute Gasteiger partial charge is 0.416 e. The maximum atomic E-state index is 13.5. The van der Waals surface area contributed by atoms with Crippen molar-refractivity contribution in [2.45, 2.75) is 11.1 Å². The minimum absolute atomic E-state index is 0.0199. The van der Waals surface area contributed by atoms with Crippen LogP contribution in [0.4, 0.5) is 26.3 Å². The molecule has 0 aliphatic rings. The van der Waals surface area contributed by atoms with E-state index in [-0.39, 0.29) is 6.07 Å². The van der Waals surface area contributed by atoms with Gasteiger partial charge >= 0.3 is 16.3 Å². The molecule has 2 aromatic carbocycles. The molecule has 2 rings (SSSR count). The van der Waals surface area contributed by atoms with Gasteiger partial charge in [-0.25, -0.2) is 13.2 Å². The van der Waals surface area contributed by atoms with Crippen molar-refractivity contribution in [3.05, 3.63) is 59.4 Å². The average molecular weight is 356 g/mol. The fourth-order valence-corrected chi connectivity index (χ4v) is 2.62. The molecule has 0 aliphatic carbocycles. The van der Waals surface area contributed by atoms with Crippen molar-refractivity contribution in [3.63, 3.8) is 0 Å². The van der Waals surface area contributed by atoms with E-state index >= 15 is 0 Å². The van der Waals surface area contributed by atoms with E-state index in [9.17, 15) is 34.8 Å². The first-order valence-electron chi connectivity index (χ1n) is 5.77. The molecule has 0 N–H and O–H groups in total. The summed E-state index contributed by atoms with van der Waals surface area (Å²) in [5.74, 6) is -4.94. The van der Waals surface area contributed by atoms with Gasteiger partial charge in [0.1, 0.15) is 16.5 Å². The van der Waals surface area contributed by atoms with Crippen molar-refractivity contribution in [3.8, 4) is 5.75 Å². The van der Waals surface area contributed by atoms with E-state index in [1.807, 2.05) is 0 Å². The molecule has 2 aromatic rings. The normalized spacial score (nSPS) is 12.3. The first-order chi connectivity index (χ1) is 10.5. The smallest absolute Gasteiger partial charge is 0.376 e. The minimum atomic E-state index is -5.10. The number of alkyl halides is 3.